The highest BCUT2D eigenvalue weighted by Crippen LogP contribution is 2.38. The van der Waals surface area contributed by atoms with Crippen LogP contribution in [0.15, 0.2) is 18.2 Å². The fourth-order valence-electron chi connectivity index (χ4n) is 3.51. The summed E-state index contributed by atoms with van der Waals surface area (Å²) < 4.78 is 50.8. The summed E-state index contributed by atoms with van der Waals surface area (Å²) in [5.41, 5.74) is 1.58. The van der Waals surface area contributed by atoms with Crippen LogP contribution in [0.1, 0.15) is 58.5 Å². The second-order valence-corrected chi connectivity index (χ2v) is 7.96. The molecular formula is C23H31F3N2O2. The van der Waals surface area contributed by atoms with E-state index in [1.54, 1.807) is 0 Å². The van der Waals surface area contributed by atoms with Crippen LogP contribution in [0.25, 0.3) is 11.3 Å². The number of ether oxygens (including phenoxy) is 2. The minimum Gasteiger partial charge on any atom is -0.496 e. The van der Waals surface area contributed by atoms with Gasteiger partial charge in [-0.1, -0.05) is 41.5 Å². The molecule has 0 fully saturated rings. The van der Waals surface area contributed by atoms with Crippen molar-refractivity contribution < 1.29 is 22.6 Å². The zero-order valence-electron chi connectivity index (χ0n) is 18.7. The Morgan fingerprint density at radius 3 is 2.00 bits per heavy atom. The molecule has 0 atom stereocenters. The molecule has 2 aromatic rings. The normalized spacial score (nSPS) is 12.2. The number of methoxy groups -OCH3 is 1. The molecule has 0 N–H and O–H groups in total. The molecule has 7 heteroatoms. The van der Waals surface area contributed by atoms with Crippen molar-refractivity contribution in [2.45, 2.75) is 66.7 Å². The van der Waals surface area contributed by atoms with Crippen molar-refractivity contribution in [1.82, 2.24) is 9.97 Å². The Bertz CT molecular complexity index is 856. The van der Waals surface area contributed by atoms with E-state index in [4.69, 9.17) is 19.4 Å². The SMILES string of the molecule is CCc1nc(-c2ccc(C(F)(F)F)cc2OC)c(CC)nc1OC(C(C)C)C(C)C. The van der Waals surface area contributed by atoms with Gasteiger partial charge in [-0.05, 0) is 42.9 Å². The topological polar surface area (TPSA) is 44.2 Å². The molecule has 1 aromatic carbocycles. The maximum atomic E-state index is 13.1. The predicted molar refractivity (Wildman–Crippen MR) is 112 cm³/mol. The average molecular weight is 425 g/mol. The van der Waals surface area contributed by atoms with Crippen molar-refractivity contribution in [2.24, 2.45) is 11.8 Å². The number of nitrogens with zero attached hydrogens (tertiary/aromatic N) is 2. The van der Waals surface area contributed by atoms with Gasteiger partial charge in [0.1, 0.15) is 17.5 Å². The molecule has 1 heterocycles. The van der Waals surface area contributed by atoms with E-state index < -0.39 is 11.7 Å². The maximum absolute atomic E-state index is 13.1. The Labute approximate surface area is 176 Å². The lowest BCUT2D eigenvalue weighted by molar-refractivity contribution is -0.137. The van der Waals surface area contributed by atoms with Crippen molar-refractivity contribution in [1.29, 1.82) is 0 Å². The zero-order valence-corrected chi connectivity index (χ0v) is 18.7. The van der Waals surface area contributed by atoms with E-state index in [2.05, 4.69) is 27.7 Å². The van der Waals surface area contributed by atoms with Crippen LogP contribution < -0.4 is 9.47 Å². The molecule has 166 valence electrons. The minimum atomic E-state index is -4.44. The van der Waals surface area contributed by atoms with Gasteiger partial charge in [0.05, 0.1) is 24.1 Å². The molecule has 4 nitrogen and oxygen atoms in total. The summed E-state index contributed by atoms with van der Waals surface area (Å²) in [6, 6.07) is 3.44. The Kier molecular flexibility index (Phi) is 7.72. The van der Waals surface area contributed by atoms with Crippen LogP contribution in [0.5, 0.6) is 11.6 Å². The van der Waals surface area contributed by atoms with Crippen molar-refractivity contribution in [2.75, 3.05) is 7.11 Å². The van der Waals surface area contributed by atoms with Crippen LogP contribution >= 0.6 is 0 Å². The van der Waals surface area contributed by atoms with Gasteiger partial charge in [0, 0.05) is 5.56 Å². The van der Waals surface area contributed by atoms with E-state index in [0.717, 1.165) is 12.1 Å². The minimum absolute atomic E-state index is 0.0132. The predicted octanol–water partition coefficient (Wildman–Crippen LogP) is 6.36. The Morgan fingerprint density at radius 2 is 1.53 bits per heavy atom. The Morgan fingerprint density at radius 1 is 0.933 bits per heavy atom. The van der Waals surface area contributed by atoms with Crippen LogP contribution in [0.4, 0.5) is 13.2 Å². The van der Waals surface area contributed by atoms with Gasteiger partial charge >= 0.3 is 6.18 Å². The number of benzene rings is 1. The summed E-state index contributed by atoms with van der Waals surface area (Å²) in [4.78, 5) is 9.48. The fraction of sp³-hybridized carbons (Fsp3) is 0.565. The number of aromatic nitrogens is 2. The number of rotatable bonds is 8. The average Bonchev–Trinajstić information content (AvgIpc) is 2.69. The lowest BCUT2D eigenvalue weighted by atomic mass is 9.96. The number of halogens is 3. The third-order valence-electron chi connectivity index (χ3n) is 5.02. The van der Waals surface area contributed by atoms with E-state index in [1.165, 1.54) is 13.2 Å². The molecule has 0 aliphatic heterocycles. The molecule has 2 rings (SSSR count). The third-order valence-corrected chi connectivity index (χ3v) is 5.02. The van der Waals surface area contributed by atoms with Gasteiger partial charge in [0.15, 0.2) is 0 Å². The van der Waals surface area contributed by atoms with Crippen molar-refractivity contribution >= 4 is 0 Å². The number of hydrogen-bond donors (Lipinski definition) is 0. The molecule has 0 saturated carbocycles. The Hall–Kier alpha value is -2.31. The molecule has 0 aliphatic rings. The van der Waals surface area contributed by atoms with Crippen LogP contribution in [0.2, 0.25) is 0 Å². The number of aryl methyl sites for hydroxylation is 2. The van der Waals surface area contributed by atoms with Gasteiger partial charge in [-0.3, -0.25) is 0 Å². The first-order valence-electron chi connectivity index (χ1n) is 10.3. The van der Waals surface area contributed by atoms with E-state index in [1.807, 2.05) is 13.8 Å². The lowest BCUT2D eigenvalue weighted by Crippen LogP contribution is -2.30. The molecule has 0 unspecified atom stereocenters. The van der Waals surface area contributed by atoms with Crippen LogP contribution in [-0.2, 0) is 19.0 Å². The molecule has 0 spiro atoms. The molecule has 0 bridgehead atoms. The highest BCUT2D eigenvalue weighted by molar-refractivity contribution is 5.70. The van der Waals surface area contributed by atoms with E-state index in [0.29, 0.717) is 53.2 Å². The second-order valence-electron chi connectivity index (χ2n) is 7.96. The Balaban J connectivity index is 2.60. The summed E-state index contributed by atoms with van der Waals surface area (Å²) in [6.07, 6.45) is -3.31. The first kappa shape index (κ1) is 24.0. The van der Waals surface area contributed by atoms with E-state index in [-0.39, 0.29) is 11.9 Å². The maximum Gasteiger partial charge on any atom is 0.416 e. The summed E-state index contributed by atoms with van der Waals surface area (Å²) in [5, 5.41) is 0. The van der Waals surface area contributed by atoms with Crippen molar-refractivity contribution in [3.8, 4) is 22.9 Å². The molecular weight excluding hydrogens is 393 g/mol. The molecule has 0 amide bonds. The summed E-state index contributed by atoms with van der Waals surface area (Å²) in [5.74, 6) is 1.22. The van der Waals surface area contributed by atoms with Gasteiger partial charge in [0.25, 0.3) is 0 Å². The van der Waals surface area contributed by atoms with E-state index in [9.17, 15) is 13.2 Å². The summed E-state index contributed by atoms with van der Waals surface area (Å²) in [7, 11) is 1.35. The fourth-order valence-corrected chi connectivity index (χ4v) is 3.51. The number of hydrogen-bond acceptors (Lipinski definition) is 4. The number of alkyl halides is 3. The second kappa shape index (κ2) is 9.67. The highest BCUT2D eigenvalue weighted by atomic mass is 19.4. The van der Waals surface area contributed by atoms with Crippen molar-refractivity contribution in [3.05, 3.63) is 35.2 Å². The van der Waals surface area contributed by atoms with Crippen LogP contribution in [0.3, 0.4) is 0 Å². The largest absolute Gasteiger partial charge is 0.496 e. The lowest BCUT2D eigenvalue weighted by Gasteiger charge is -2.27. The monoisotopic (exact) mass is 424 g/mol. The first-order valence-corrected chi connectivity index (χ1v) is 10.3. The van der Waals surface area contributed by atoms with Gasteiger partial charge in [-0.25, -0.2) is 9.97 Å². The van der Waals surface area contributed by atoms with Gasteiger partial charge in [0.2, 0.25) is 5.88 Å². The quantitative estimate of drug-likeness (QED) is 0.495. The van der Waals surface area contributed by atoms with Crippen LogP contribution in [0, 0.1) is 11.8 Å². The molecule has 30 heavy (non-hydrogen) atoms. The van der Waals surface area contributed by atoms with Crippen LogP contribution in [-0.4, -0.2) is 23.2 Å². The summed E-state index contributed by atoms with van der Waals surface area (Å²) in [6.45, 7) is 12.3. The molecule has 0 radical (unpaired) electrons. The van der Waals surface area contributed by atoms with Gasteiger partial charge in [-0.2, -0.15) is 13.2 Å². The standard InChI is InChI=1S/C23H31F3N2O2/c1-8-17-20(16-11-10-15(23(24,25)26)12-19(16)29-7)27-18(9-2)22(28-17)30-21(13(3)4)14(5)6/h10-14,21H,8-9H2,1-7H3. The highest BCUT2D eigenvalue weighted by Gasteiger charge is 2.32. The van der Waals surface area contributed by atoms with E-state index >= 15 is 0 Å². The first-order chi connectivity index (χ1) is 14.0. The smallest absolute Gasteiger partial charge is 0.416 e. The molecule has 0 saturated heterocycles. The van der Waals surface area contributed by atoms with Crippen molar-refractivity contribution in [3.63, 3.8) is 0 Å². The van der Waals surface area contributed by atoms with Gasteiger partial charge < -0.3 is 9.47 Å². The molecule has 1 aromatic heterocycles. The zero-order chi connectivity index (χ0) is 22.6. The molecule has 0 aliphatic carbocycles. The van der Waals surface area contributed by atoms with Gasteiger partial charge in [-0.15, -0.1) is 0 Å². The third kappa shape index (κ3) is 5.24. The summed E-state index contributed by atoms with van der Waals surface area (Å²) >= 11 is 0.